The van der Waals surface area contributed by atoms with Gasteiger partial charge in [0.15, 0.2) is 6.29 Å². The van der Waals surface area contributed by atoms with Crippen molar-refractivity contribution < 1.29 is 9.47 Å². The lowest BCUT2D eigenvalue weighted by Gasteiger charge is -2.22. The summed E-state index contributed by atoms with van der Waals surface area (Å²) in [5.74, 6) is 0. The summed E-state index contributed by atoms with van der Waals surface area (Å²) in [6.45, 7) is 1.60. The predicted molar refractivity (Wildman–Crippen MR) is 69.8 cm³/mol. The summed E-state index contributed by atoms with van der Waals surface area (Å²) < 4.78 is 12.1. The van der Waals surface area contributed by atoms with Crippen LogP contribution >= 0.6 is 15.9 Å². The summed E-state index contributed by atoms with van der Waals surface area (Å²) in [6, 6.07) is 4.05. The summed E-state index contributed by atoms with van der Waals surface area (Å²) in [6.07, 6.45) is 7.24. The van der Waals surface area contributed by atoms with Gasteiger partial charge in [0.2, 0.25) is 0 Å². The van der Waals surface area contributed by atoms with E-state index in [-0.39, 0.29) is 6.29 Å². The van der Waals surface area contributed by atoms with Crippen LogP contribution < -0.4 is 0 Å². The lowest BCUT2D eigenvalue weighted by atomic mass is 10.2. The molecule has 1 fully saturated rings. The third kappa shape index (κ3) is 4.37. The van der Waals surface area contributed by atoms with Crippen LogP contribution in [0.1, 0.15) is 31.2 Å². The van der Waals surface area contributed by atoms with Crippen molar-refractivity contribution >= 4 is 15.9 Å². The molecule has 0 N–H and O–H groups in total. The molecule has 1 atom stereocenters. The van der Waals surface area contributed by atoms with Gasteiger partial charge in [0.05, 0.1) is 6.61 Å². The standard InChI is InChI=1S/C13H18BrNO2/c14-13-11(5-3-8-15-13)6-4-10-17-12-7-1-2-9-16-12/h3,5,8,12H,1-2,4,6-7,9-10H2. The Kier molecular flexibility index (Phi) is 5.42. The molecule has 2 heterocycles. The molecule has 0 amide bonds. The van der Waals surface area contributed by atoms with Crippen molar-refractivity contribution in [3.05, 3.63) is 28.5 Å². The Morgan fingerprint density at radius 1 is 1.47 bits per heavy atom. The van der Waals surface area contributed by atoms with Gasteiger partial charge in [0, 0.05) is 12.8 Å². The van der Waals surface area contributed by atoms with Gasteiger partial charge in [-0.3, -0.25) is 0 Å². The molecule has 0 aromatic carbocycles. The zero-order valence-electron chi connectivity index (χ0n) is 9.90. The van der Waals surface area contributed by atoms with E-state index in [0.29, 0.717) is 0 Å². The van der Waals surface area contributed by atoms with E-state index in [9.17, 15) is 0 Å². The van der Waals surface area contributed by atoms with Gasteiger partial charge in [-0.15, -0.1) is 0 Å². The highest BCUT2D eigenvalue weighted by molar-refractivity contribution is 9.10. The van der Waals surface area contributed by atoms with Crippen LogP contribution in [-0.2, 0) is 15.9 Å². The first-order valence-electron chi connectivity index (χ1n) is 6.19. The first-order chi connectivity index (χ1) is 8.36. The number of aryl methyl sites for hydroxylation is 1. The number of rotatable bonds is 5. The number of hydrogen-bond donors (Lipinski definition) is 0. The molecule has 4 heteroatoms. The molecule has 1 aromatic rings. The van der Waals surface area contributed by atoms with Gasteiger partial charge in [-0.1, -0.05) is 6.07 Å². The molecule has 0 saturated carbocycles. The fourth-order valence-electron chi connectivity index (χ4n) is 1.93. The third-order valence-corrected chi connectivity index (χ3v) is 3.58. The van der Waals surface area contributed by atoms with Gasteiger partial charge in [-0.05, 0) is 59.7 Å². The minimum absolute atomic E-state index is 0.0288. The molecular formula is C13H18BrNO2. The molecular weight excluding hydrogens is 282 g/mol. The number of pyridine rings is 1. The van der Waals surface area contributed by atoms with Crippen molar-refractivity contribution in [3.63, 3.8) is 0 Å². The van der Waals surface area contributed by atoms with Crippen LogP contribution in [0.5, 0.6) is 0 Å². The monoisotopic (exact) mass is 299 g/mol. The van der Waals surface area contributed by atoms with E-state index in [1.807, 2.05) is 6.07 Å². The summed E-state index contributed by atoms with van der Waals surface area (Å²) in [5.41, 5.74) is 1.24. The van der Waals surface area contributed by atoms with Crippen LogP contribution in [0.3, 0.4) is 0 Å². The second-order valence-corrected chi connectivity index (χ2v) is 4.97. The highest BCUT2D eigenvalue weighted by Gasteiger charge is 2.13. The van der Waals surface area contributed by atoms with Crippen molar-refractivity contribution in [2.45, 2.75) is 38.4 Å². The number of nitrogens with zero attached hydrogens (tertiary/aromatic N) is 1. The Morgan fingerprint density at radius 3 is 3.18 bits per heavy atom. The van der Waals surface area contributed by atoms with E-state index in [0.717, 1.165) is 37.1 Å². The quantitative estimate of drug-likeness (QED) is 0.617. The van der Waals surface area contributed by atoms with E-state index in [1.54, 1.807) is 6.20 Å². The second kappa shape index (κ2) is 7.09. The van der Waals surface area contributed by atoms with Crippen molar-refractivity contribution in [2.75, 3.05) is 13.2 Å². The first kappa shape index (κ1) is 13.0. The normalized spacial score (nSPS) is 20.4. The smallest absolute Gasteiger partial charge is 0.157 e. The van der Waals surface area contributed by atoms with Crippen molar-refractivity contribution in [2.24, 2.45) is 0 Å². The first-order valence-corrected chi connectivity index (χ1v) is 6.98. The average Bonchev–Trinajstić information content (AvgIpc) is 2.38. The maximum atomic E-state index is 5.69. The van der Waals surface area contributed by atoms with E-state index < -0.39 is 0 Å². The average molecular weight is 300 g/mol. The predicted octanol–water partition coefficient (Wildman–Crippen LogP) is 3.32. The molecule has 1 aromatic heterocycles. The number of ether oxygens (including phenoxy) is 2. The molecule has 17 heavy (non-hydrogen) atoms. The largest absolute Gasteiger partial charge is 0.353 e. The van der Waals surface area contributed by atoms with Gasteiger partial charge in [0.25, 0.3) is 0 Å². The highest BCUT2D eigenvalue weighted by atomic mass is 79.9. The maximum absolute atomic E-state index is 5.69. The summed E-state index contributed by atoms with van der Waals surface area (Å²) in [5, 5.41) is 0. The summed E-state index contributed by atoms with van der Waals surface area (Å²) in [7, 11) is 0. The molecule has 1 unspecified atom stereocenters. The molecule has 2 rings (SSSR count). The zero-order valence-corrected chi connectivity index (χ0v) is 11.5. The lowest BCUT2D eigenvalue weighted by Crippen LogP contribution is -2.22. The van der Waals surface area contributed by atoms with E-state index in [4.69, 9.17) is 9.47 Å². The SMILES string of the molecule is Brc1ncccc1CCCOC1CCCCO1. The Bertz CT molecular complexity index is 340. The van der Waals surface area contributed by atoms with Crippen molar-refractivity contribution in [3.8, 4) is 0 Å². The number of aromatic nitrogens is 1. The molecule has 1 aliphatic rings. The third-order valence-electron chi connectivity index (χ3n) is 2.87. The highest BCUT2D eigenvalue weighted by Crippen LogP contribution is 2.16. The zero-order chi connectivity index (χ0) is 11.9. The summed E-state index contributed by atoms with van der Waals surface area (Å²) >= 11 is 3.45. The Hall–Kier alpha value is -0.450. The minimum atomic E-state index is 0.0288. The van der Waals surface area contributed by atoms with E-state index in [2.05, 4.69) is 27.0 Å². The molecule has 1 saturated heterocycles. The number of hydrogen-bond acceptors (Lipinski definition) is 3. The molecule has 3 nitrogen and oxygen atoms in total. The topological polar surface area (TPSA) is 31.4 Å². The molecule has 0 radical (unpaired) electrons. The van der Waals surface area contributed by atoms with Crippen LogP contribution in [0.4, 0.5) is 0 Å². The fourth-order valence-corrected chi connectivity index (χ4v) is 2.37. The Balaban J connectivity index is 1.64. The Morgan fingerprint density at radius 2 is 2.41 bits per heavy atom. The van der Waals surface area contributed by atoms with Crippen LogP contribution in [0.25, 0.3) is 0 Å². The molecule has 94 valence electrons. The van der Waals surface area contributed by atoms with Crippen molar-refractivity contribution in [1.29, 1.82) is 0 Å². The maximum Gasteiger partial charge on any atom is 0.157 e. The van der Waals surface area contributed by atoms with E-state index >= 15 is 0 Å². The Labute approximate surface area is 111 Å². The molecule has 1 aliphatic heterocycles. The van der Waals surface area contributed by atoms with Crippen LogP contribution in [-0.4, -0.2) is 24.5 Å². The fraction of sp³-hybridized carbons (Fsp3) is 0.615. The van der Waals surface area contributed by atoms with Gasteiger partial charge < -0.3 is 9.47 Å². The van der Waals surface area contributed by atoms with Crippen molar-refractivity contribution in [1.82, 2.24) is 4.98 Å². The van der Waals surface area contributed by atoms with E-state index in [1.165, 1.54) is 18.4 Å². The van der Waals surface area contributed by atoms with Crippen LogP contribution in [0, 0.1) is 0 Å². The molecule has 0 aliphatic carbocycles. The molecule has 0 spiro atoms. The molecule has 0 bridgehead atoms. The minimum Gasteiger partial charge on any atom is -0.353 e. The van der Waals surface area contributed by atoms with Gasteiger partial charge >= 0.3 is 0 Å². The lowest BCUT2D eigenvalue weighted by molar-refractivity contribution is -0.162. The van der Waals surface area contributed by atoms with Gasteiger partial charge in [0.1, 0.15) is 4.60 Å². The summed E-state index contributed by atoms with van der Waals surface area (Å²) in [4.78, 5) is 4.20. The van der Waals surface area contributed by atoms with Crippen LogP contribution in [0.2, 0.25) is 0 Å². The van der Waals surface area contributed by atoms with Crippen LogP contribution in [0.15, 0.2) is 22.9 Å². The van der Waals surface area contributed by atoms with Gasteiger partial charge in [-0.25, -0.2) is 4.98 Å². The van der Waals surface area contributed by atoms with Gasteiger partial charge in [-0.2, -0.15) is 0 Å². The number of halogens is 1. The second-order valence-electron chi connectivity index (χ2n) is 4.22.